The number of ether oxygens (including phenoxy) is 1. The molecular weight excluding hydrogens is 388 g/mol. The van der Waals surface area contributed by atoms with E-state index in [-0.39, 0.29) is 35.2 Å². The number of carbonyl (C=O) groups is 1. The van der Waals surface area contributed by atoms with Crippen LogP contribution < -0.4 is 0 Å². The maximum atomic E-state index is 11.1. The van der Waals surface area contributed by atoms with E-state index in [4.69, 9.17) is 11.6 Å². The predicted octanol–water partition coefficient (Wildman–Crippen LogP) is 4.61. The minimum atomic E-state index is -0.435. The predicted molar refractivity (Wildman–Crippen MR) is 117 cm³/mol. The number of aliphatic hydroxyl groups is 2. The summed E-state index contributed by atoms with van der Waals surface area (Å²) in [5, 5.41) is 20.0. The Hall–Kier alpha value is -1.36. The standard InChI is InChI=1S/C24H35ClO4/c1-24(2,16-26)15-17-10-12-18(13-11-17)23-19(20(25)14-21(23)27)8-6-4-5-7-9-22(28)29-3/h4,6,10-13,19-21,23,26-27H,5,7-9,14-16H2,1-3H3/b6-4-/t19-,20-,21+,23+/m0/s1. The van der Waals surface area contributed by atoms with Gasteiger partial charge in [0.1, 0.15) is 0 Å². The van der Waals surface area contributed by atoms with Crippen molar-refractivity contribution in [3.05, 3.63) is 47.5 Å². The number of alkyl halides is 1. The fourth-order valence-electron chi connectivity index (χ4n) is 4.13. The van der Waals surface area contributed by atoms with Gasteiger partial charge in [0, 0.05) is 24.3 Å². The Morgan fingerprint density at radius 3 is 2.59 bits per heavy atom. The molecule has 0 aliphatic heterocycles. The highest BCUT2D eigenvalue weighted by Crippen LogP contribution is 2.44. The van der Waals surface area contributed by atoms with Crippen LogP contribution in [0.15, 0.2) is 36.4 Å². The van der Waals surface area contributed by atoms with E-state index in [1.165, 1.54) is 12.7 Å². The number of benzene rings is 1. The molecule has 4 atom stereocenters. The van der Waals surface area contributed by atoms with E-state index in [0.29, 0.717) is 12.8 Å². The fourth-order valence-corrected chi connectivity index (χ4v) is 4.57. The number of esters is 1. The second-order valence-electron chi connectivity index (χ2n) is 8.92. The number of rotatable bonds is 10. The number of carbonyl (C=O) groups excluding carboxylic acids is 1. The molecule has 1 aliphatic rings. The molecule has 0 radical (unpaired) electrons. The van der Waals surface area contributed by atoms with E-state index in [9.17, 15) is 15.0 Å². The number of unbranched alkanes of at least 4 members (excludes halogenated alkanes) is 1. The molecule has 0 spiro atoms. The van der Waals surface area contributed by atoms with Gasteiger partial charge in [0.15, 0.2) is 0 Å². The van der Waals surface area contributed by atoms with Crippen LogP contribution in [0.1, 0.15) is 63.0 Å². The van der Waals surface area contributed by atoms with Crippen LogP contribution in [0.5, 0.6) is 0 Å². The molecule has 162 valence electrons. The monoisotopic (exact) mass is 422 g/mol. The zero-order valence-corrected chi connectivity index (χ0v) is 18.6. The van der Waals surface area contributed by atoms with Gasteiger partial charge in [-0.25, -0.2) is 0 Å². The van der Waals surface area contributed by atoms with Gasteiger partial charge in [0.2, 0.25) is 0 Å². The van der Waals surface area contributed by atoms with Gasteiger partial charge in [-0.2, -0.15) is 0 Å². The first-order valence-corrected chi connectivity index (χ1v) is 10.9. The highest BCUT2D eigenvalue weighted by molar-refractivity contribution is 6.21. The zero-order chi connectivity index (χ0) is 21.4. The molecule has 0 bridgehead atoms. The quantitative estimate of drug-likeness (QED) is 0.250. The van der Waals surface area contributed by atoms with Gasteiger partial charge in [0.05, 0.1) is 13.2 Å². The molecule has 0 amide bonds. The number of halogens is 1. The van der Waals surface area contributed by atoms with E-state index in [1.807, 2.05) is 13.8 Å². The Bertz CT molecular complexity index is 668. The molecule has 2 rings (SSSR count). The average molecular weight is 423 g/mol. The summed E-state index contributed by atoms with van der Waals surface area (Å²) in [5.74, 6) is 0.0319. The molecule has 0 heterocycles. The minimum Gasteiger partial charge on any atom is -0.469 e. The van der Waals surface area contributed by atoms with Crippen LogP contribution in [0, 0.1) is 11.3 Å². The van der Waals surface area contributed by atoms with E-state index >= 15 is 0 Å². The molecule has 1 saturated carbocycles. The number of hydrogen-bond donors (Lipinski definition) is 2. The van der Waals surface area contributed by atoms with Crippen molar-refractivity contribution in [2.75, 3.05) is 13.7 Å². The summed E-state index contributed by atoms with van der Waals surface area (Å²) in [5.41, 5.74) is 2.16. The number of aliphatic hydroxyl groups excluding tert-OH is 2. The van der Waals surface area contributed by atoms with Crippen LogP contribution in [-0.2, 0) is 16.0 Å². The summed E-state index contributed by atoms with van der Waals surface area (Å²) in [4.78, 5) is 11.1. The van der Waals surface area contributed by atoms with Crippen molar-refractivity contribution >= 4 is 17.6 Å². The van der Waals surface area contributed by atoms with E-state index < -0.39 is 6.10 Å². The average Bonchev–Trinajstić information content (AvgIpc) is 2.97. The SMILES string of the molecule is COC(=O)CCC/C=C\C[C@@H]1[C@@H](c2ccc(CC(C)(C)CO)cc2)[C@H](O)C[C@@H]1Cl. The Morgan fingerprint density at radius 2 is 1.97 bits per heavy atom. The van der Waals surface area contributed by atoms with Crippen LogP contribution in [0.2, 0.25) is 0 Å². The van der Waals surface area contributed by atoms with Gasteiger partial charge in [-0.3, -0.25) is 4.79 Å². The second-order valence-corrected chi connectivity index (χ2v) is 9.49. The molecule has 5 heteroatoms. The molecule has 0 saturated heterocycles. The summed E-state index contributed by atoms with van der Waals surface area (Å²) >= 11 is 6.57. The van der Waals surface area contributed by atoms with Crippen LogP contribution in [0.3, 0.4) is 0 Å². The lowest BCUT2D eigenvalue weighted by atomic mass is 9.83. The van der Waals surface area contributed by atoms with Gasteiger partial charge >= 0.3 is 5.97 Å². The number of hydrogen-bond acceptors (Lipinski definition) is 4. The van der Waals surface area contributed by atoms with Crippen LogP contribution in [-0.4, -0.2) is 41.4 Å². The van der Waals surface area contributed by atoms with Crippen molar-refractivity contribution in [1.82, 2.24) is 0 Å². The van der Waals surface area contributed by atoms with E-state index in [2.05, 4.69) is 41.2 Å². The Kier molecular flexibility index (Phi) is 9.19. The van der Waals surface area contributed by atoms with Gasteiger partial charge in [0.25, 0.3) is 0 Å². The Morgan fingerprint density at radius 1 is 1.28 bits per heavy atom. The lowest BCUT2D eigenvalue weighted by molar-refractivity contribution is -0.140. The first-order chi connectivity index (χ1) is 13.8. The summed E-state index contributed by atoms with van der Waals surface area (Å²) < 4.78 is 4.65. The number of methoxy groups -OCH3 is 1. The number of allylic oxidation sites excluding steroid dienone is 2. The summed E-state index contributed by atoms with van der Waals surface area (Å²) in [6.07, 6.45) is 8.05. The van der Waals surface area contributed by atoms with Gasteiger partial charge in [-0.1, -0.05) is 50.3 Å². The molecule has 29 heavy (non-hydrogen) atoms. The summed E-state index contributed by atoms with van der Waals surface area (Å²) in [6, 6.07) is 8.39. The molecule has 1 aromatic rings. The lowest BCUT2D eigenvalue weighted by Gasteiger charge is -2.24. The van der Waals surface area contributed by atoms with Crippen molar-refractivity contribution in [3.8, 4) is 0 Å². The fraction of sp³-hybridized carbons (Fsp3) is 0.625. The smallest absolute Gasteiger partial charge is 0.305 e. The molecule has 0 unspecified atom stereocenters. The van der Waals surface area contributed by atoms with Crippen LogP contribution in [0.25, 0.3) is 0 Å². The minimum absolute atomic E-state index is 0.0251. The molecule has 1 aromatic carbocycles. The lowest BCUT2D eigenvalue weighted by Crippen LogP contribution is -2.20. The molecule has 2 N–H and O–H groups in total. The molecule has 1 aliphatic carbocycles. The van der Waals surface area contributed by atoms with Crippen molar-refractivity contribution in [2.24, 2.45) is 11.3 Å². The first-order valence-electron chi connectivity index (χ1n) is 10.5. The van der Waals surface area contributed by atoms with E-state index in [0.717, 1.165) is 31.2 Å². The molecular formula is C24H35ClO4. The van der Waals surface area contributed by atoms with Crippen LogP contribution in [0.4, 0.5) is 0 Å². The molecule has 4 nitrogen and oxygen atoms in total. The third-order valence-corrected chi connectivity index (χ3v) is 6.34. The summed E-state index contributed by atoms with van der Waals surface area (Å²) in [6.45, 7) is 4.25. The Labute approximate surface area is 179 Å². The third kappa shape index (κ3) is 7.13. The highest BCUT2D eigenvalue weighted by Gasteiger charge is 2.41. The van der Waals surface area contributed by atoms with Gasteiger partial charge in [-0.05, 0) is 54.6 Å². The molecule has 0 aromatic heterocycles. The van der Waals surface area contributed by atoms with Crippen molar-refractivity contribution in [3.63, 3.8) is 0 Å². The van der Waals surface area contributed by atoms with Crippen molar-refractivity contribution in [1.29, 1.82) is 0 Å². The van der Waals surface area contributed by atoms with Crippen molar-refractivity contribution in [2.45, 2.75) is 69.8 Å². The first kappa shape index (κ1) is 23.9. The third-order valence-electron chi connectivity index (χ3n) is 5.84. The zero-order valence-electron chi connectivity index (χ0n) is 17.8. The summed E-state index contributed by atoms with van der Waals surface area (Å²) in [7, 11) is 1.41. The van der Waals surface area contributed by atoms with Gasteiger partial charge in [-0.15, -0.1) is 11.6 Å². The largest absolute Gasteiger partial charge is 0.469 e. The van der Waals surface area contributed by atoms with Crippen LogP contribution >= 0.6 is 11.6 Å². The Balaban J connectivity index is 1.97. The molecule has 1 fully saturated rings. The topological polar surface area (TPSA) is 66.8 Å². The normalized spacial score (nSPS) is 24.9. The van der Waals surface area contributed by atoms with E-state index in [1.54, 1.807) is 0 Å². The second kappa shape index (κ2) is 11.1. The van der Waals surface area contributed by atoms with Crippen molar-refractivity contribution < 1.29 is 19.7 Å². The van der Waals surface area contributed by atoms with Gasteiger partial charge < -0.3 is 14.9 Å². The highest BCUT2D eigenvalue weighted by atomic mass is 35.5. The maximum Gasteiger partial charge on any atom is 0.305 e. The maximum absolute atomic E-state index is 11.1.